The topological polar surface area (TPSA) is 111 Å². The van der Waals surface area contributed by atoms with Gasteiger partial charge in [-0.05, 0) is 19.4 Å². The number of benzene rings is 1. The number of aromatic nitrogens is 3. The molecule has 8 heteroatoms. The van der Waals surface area contributed by atoms with Gasteiger partial charge in [0, 0.05) is 6.07 Å². The summed E-state index contributed by atoms with van der Waals surface area (Å²) in [5.74, 6) is -1.17. The first kappa shape index (κ1) is 13.7. The second kappa shape index (κ2) is 5.08. The van der Waals surface area contributed by atoms with E-state index in [9.17, 15) is 14.9 Å². The number of aromatic carboxylic acids is 1. The molecule has 0 unspecified atom stereocenters. The molecule has 104 valence electrons. The maximum atomic E-state index is 11.1. The molecule has 2 aromatic rings. The van der Waals surface area contributed by atoms with Crippen LogP contribution in [-0.2, 0) is 6.42 Å². The fraction of sp³-hybridized carbons (Fsp3) is 0.250. The van der Waals surface area contributed by atoms with E-state index >= 15 is 0 Å². The number of carboxylic acids is 1. The van der Waals surface area contributed by atoms with E-state index in [0.717, 1.165) is 0 Å². The molecule has 1 aromatic heterocycles. The summed E-state index contributed by atoms with van der Waals surface area (Å²) in [6.45, 7) is 3.36. The van der Waals surface area contributed by atoms with Crippen molar-refractivity contribution < 1.29 is 14.8 Å². The van der Waals surface area contributed by atoms with Gasteiger partial charge in [0.25, 0.3) is 5.69 Å². The Bertz CT molecular complexity index is 693. The molecule has 8 nitrogen and oxygen atoms in total. The summed E-state index contributed by atoms with van der Waals surface area (Å²) in [5.41, 5.74) is 1.08. The van der Waals surface area contributed by atoms with Crippen molar-refractivity contribution in [1.29, 1.82) is 0 Å². The van der Waals surface area contributed by atoms with Crippen LogP contribution in [0.4, 0.5) is 5.69 Å². The third-order valence-electron chi connectivity index (χ3n) is 3.00. The highest BCUT2D eigenvalue weighted by molar-refractivity contribution is 5.86. The maximum Gasteiger partial charge on any atom is 0.358 e. The van der Waals surface area contributed by atoms with Gasteiger partial charge in [0.05, 0.1) is 21.9 Å². The van der Waals surface area contributed by atoms with Crippen LogP contribution >= 0.6 is 0 Å². The number of nitro benzene ring substituents is 1. The van der Waals surface area contributed by atoms with Crippen LogP contribution < -0.4 is 0 Å². The van der Waals surface area contributed by atoms with Crippen molar-refractivity contribution in [2.45, 2.75) is 20.3 Å². The van der Waals surface area contributed by atoms with Crippen molar-refractivity contribution in [3.05, 3.63) is 45.3 Å². The van der Waals surface area contributed by atoms with Crippen LogP contribution in [0, 0.1) is 17.0 Å². The number of rotatable bonds is 4. The fourth-order valence-corrected chi connectivity index (χ4v) is 2.02. The number of hydrogen-bond acceptors (Lipinski definition) is 5. The number of nitrogens with zero attached hydrogens (tertiary/aromatic N) is 4. The smallest absolute Gasteiger partial charge is 0.358 e. The first-order valence-electron chi connectivity index (χ1n) is 5.89. The molecule has 2 rings (SSSR count). The molecule has 0 bridgehead atoms. The highest BCUT2D eigenvalue weighted by Crippen LogP contribution is 2.25. The molecular weight excluding hydrogens is 264 g/mol. The quantitative estimate of drug-likeness (QED) is 0.672. The summed E-state index contributed by atoms with van der Waals surface area (Å²) in [6.07, 6.45) is 0.400. The van der Waals surface area contributed by atoms with Gasteiger partial charge in [-0.2, -0.15) is 0 Å². The SMILES string of the molecule is CCc1c(C(=O)O)nnn1-c1cccc([N+](=O)[O-])c1C. The molecule has 0 spiro atoms. The van der Waals surface area contributed by atoms with Crippen LogP contribution in [0.2, 0.25) is 0 Å². The second-order valence-corrected chi connectivity index (χ2v) is 4.13. The van der Waals surface area contributed by atoms with Gasteiger partial charge in [0.1, 0.15) is 0 Å². The minimum Gasteiger partial charge on any atom is -0.476 e. The predicted octanol–water partition coefficient (Wildman–Crippen LogP) is 1.74. The molecule has 0 fully saturated rings. The average molecular weight is 276 g/mol. The number of nitro groups is 1. The van der Waals surface area contributed by atoms with E-state index < -0.39 is 10.9 Å². The van der Waals surface area contributed by atoms with Crippen molar-refractivity contribution in [3.8, 4) is 5.69 Å². The Labute approximate surface area is 113 Å². The molecule has 0 aliphatic heterocycles. The minimum atomic E-state index is -1.17. The Morgan fingerprint density at radius 3 is 2.75 bits per heavy atom. The van der Waals surface area contributed by atoms with E-state index in [1.54, 1.807) is 19.9 Å². The lowest BCUT2D eigenvalue weighted by Crippen LogP contribution is -2.08. The second-order valence-electron chi connectivity index (χ2n) is 4.13. The summed E-state index contributed by atoms with van der Waals surface area (Å²) in [5, 5.41) is 27.4. The predicted molar refractivity (Wildman–Crippen MR) is 69.1 cm³/mol. The van der Waals surface area contributed by atoms with Crippen molar-refractivity contribution in [2.75, 3.05) is 0 Å². The fourth-order valence-electron chi connectivity index (χ4n) is 2.02. The molecule has 0 aliphatic carbocycles. The van der Waals surface area contributed by atoms with Gasteiger partial charge < -0.3 is 5.11 Å². The number of carboxylic acid groups (broad SMARTS) is 1. The summed E-state index contributed by atoms with van der Waals surface area (Å²) in [6, 6.07) is 4.56. The van der Waals surface area contributed by atoms with Crippen molar-refractivity contribution in [1.82, 2.24) is 15.0 Å². The summed E-state index contributed by atoms with van der Waals surface area (Å²) >= 11 is 0. The van der Waals surface area contributed by atoms with Gasteiger partial charge in [0.15, 0.2) is 5.69 Å². The molecule has 1 heterocycles. The van der Waals surface area contributed by atoms with E-state index in [1.165, 1.54) is 16.8 Å². The maximum absolute atomic E-state index is 11.1. The zero-order valence-electron chi connectivity index (χ0n) is 10.9. The molecule has 1 aromatic carbocycles. The van der Waals surface area contributed by atoms with Crippen LogP contribution in [0.1, 0.15) is 28.7 Å². The first-order valence-corrected chi connectivity index (χ1v) is 5.89. The van der Waals surface area contributed by atoms with Crippen molar-refractivity contribution in [2.24, 2.45) is 0 Å². The van der Waals surface area contributed by atoms with E-state index in [4.69, 9.17) is 5.11 Å². The van der Waals surface area contributed by atoms with E-state index in [2.05, 4.69) is 10.3 Å². The lowest BCUT2D eigenvalue weighted by Gasteiger charge is -2.08. The van der Waals surface area contributed by atoms with Crippen LogP contribution in [-0.4, -0.2) is 31.0 Å². The summed E-state index contributed by atoms with van der Waals surface area (Å²) in [7, 11) is 0. The van der Waals surface area contributed by atoms with Gasteiger partial charge >= 0.3 is 5.97 Å². The largest absolute Gasteiger partial charge is 0.476 e. The van der Waals surface area contributed by atoms with Crippen LogP contribution in [0.3, 0.4) is 0 Å². The zero-order chi connectivity index (χ0) is 14.9. The average Bonchev–Trinajstić information content (AvgIpc) is 2.82. The molecule has 0 aliphatic rings. The van der Waals surface area contributed by atoms with E-state index in [0.29, 0.717) is 23.4 Å². The van der Waals surface area contributed by atoms with Gasteiger partial charge in [-0.3, -0.25) is 10.1 Å². The third-order valence-corrected chi connectivity index (χ3v) is 3.00. The first-order chi connectivity index (χ1) is 9.47. The van der Waals surface area contributed by atoms with E-state index in [1.807, 2.05) is 0 Å². The molecule has 0 saturated heterocycles. The minimum absolute atomic E-state index is 0.0445. The molecule has 0 saturated carbocycles. The molecule has 0 amide bonds. The molecule has 0 atom stereocenters. The summed E-state index contributed by atoms with van der Waals surface area (Å²) in [4.78, 5) is 21.5. The van der Waals surface area contributed by atoms with Crippen LogP contribution in [0.5, 0.6) is 0 Å². The zero-order valence-corrected chi connectivity index (χ0v) is 10.9. The molecule has 0 radical (unpaired) electrons. The lowest BCUT2D eigenvalue weighted by molar-refractivity contribution is -0.385. The monoisotopic (exact) mass is 276 g/mol. The highest BCUT2D eigenvalue weighted by atomic mass is 16.6. The summed E-state index contributed by atoms with van der Waals surface area (Å²) < 4.78 is 1.34. The van der Waals surface area contributed by atoms with Gasteiger partial charge in [0.2, 0.25) is 0 Å². The lowest BCUT2D eigenvalue weighted by atomic mass is 10.1. The Hall–Kier alpha value is -2.77. The Kier molecular flexibility index (Phi) is 3.47. The molecule has 1 N–H and O–H groups in total. The molecular formula is C12H12N4O4. The van der Waals surface area contributed by atoms with Gasteiger partial charge in [-0.25, -0.2) is 9.48 Å². The highest BCUT2D eigenvalue weighted by Gasteiger charge is 2.21. The van der Waals surface area contributed by atoms with Crippen LogP contribution in [0.15, 0.2) is 18.2 Å². The number of carbonyl (C=O) groups is 1. The van der Waals surface area contributed by atoms with Gasteiger partial charge in [-0.15, -0.1) is 5.10 Å². The third kappa shape index (κ3) is 2.11. The molecule has 20 heavy (non-hydrogen) atoms. The van der Waals surface area contributed by atoms with E-state index in [-0.39, 0.29) is 11.4 Å². The number of hydrogen-bond donors (Lipinski definition) is 1. The Morgan fingerprint density at radius 2 is 2.20 bits per heavy atom. The van der Waals surface area contributed by atoms with Gasteiger partial charge in [-0.1, -0.05) is 18.2 Å². The van der Waals surface area contributed by atoms with Crippen molar-refractivity contribution >= 4 is 11.7 Å². The standard InChI is InChI=1S/C12H12N4O4/c1-3-8-11(12(17)18)13-14-15(8)9-5-4-6-10(7(9)2)16(19)20/h4-6H,3H2,1-2H3,(H,17,18). The van der Waals surface area contributed by atoms with Crippen LogP contribution in [0.25, 0.3) is 5.69 Å². The normalized spacial score (nSPS) is 10.5. The Morgan fingerprint density at radius 1 is 1.50 bits per heavy atom. The Balaban J connectivity index is 2.66. The van der Waals surface area contributed by atoms with Crippen molar-refractivity contribution in [3.63, 3.8) is 0 Å².